The number of ether oxygens (including phenoxy) is 2. The average Bonchev–Trinajstić information content (AvgIpc) is 3.40. The Morgan fingerprint density at radius 3 is 2.76 bits per heavy atom. The largest absolute Gasteiger partial charge is 0.484 e. The van der Waals surface area contributed by atoms with Crippen LogP contribution in [0.1, 0.15) is 22.7 Å². The van der Waals surface area contributed by atoms with Gasteiger partial charge in [0.15, 0.2) is 5.75 Å². The fourth-order valence-electron chi connectivity index (χ4n) is 3.86. The summed E-state index contributed by atoms with van der Waals surface area (Å²) in [6.45, 7) is 0.204. The number of hydrogen-bond acceptors (Lipinski definition) is 8. The summed E-state index contributed by atoms with van der Waals surface area (Å²) in [5.74, 6) is -1.64. The van der Waals surface area contributed by atoms with Crippen molar-refractivity contribution in [2.45, 2.75) is 23.9 Å². The Hall–Kier alpha value is -3.51. The molecule has 1 atom stereocenters. The molecule has 10 nitrogen and oxygen atoms in total. The first-order valence-corrected chi connectivity index (χ1v) is 11.5. The summed E-state index contributed by atoms with van der Waals surface area (Å²) < 4.78 is 51.8. The first-order valence-electron chi connectivity index (χ1n) is 10.1. The molecule has 0 spiro atoms. The Balaban J connectivity index is 1.36. The van der Waals surface area contributed by atoms with Crippen LogP contribution in [0.15, 0.2) is 47.6 Å². The zero-order valence-corrected chi connectivity index (χ0v) is 18.0. The van der Waals surface area contributed by atoms with Crippen LogP contribution in [0.4, 0.5) is 4.39 Å². The lowest BCUT2D eigenvalue weighted by Gasteiger charge is -2.22. The highest BCUT2D eigenvalue weighted by Crippen LogP contribution is 2.32. The molecule has 1 aromatic carbocycles. The number of aliphatic hydroxyl groups is 1. The molecule has 0 saturated heterocycles. The van der Waals surface area contributed by atoms with Gasteiger partial charge in [0.05, 0.1) is 31.0 Å². The van der Waals surface area contributed by atoms with Crippen LogP contribution in [-0.4, -0.2) is 58.3 Å². The van der Waals surface area contributed by atoms with Crippen molar-refractivity contribution in [2.24, 2.45) is 0 Å². The van der Waals surface area contributed by atoms with Gasteiger partial charge in [-0.3, -0.25) is 4.79 Å². The van der Waals surface area contributed by atoms with Gasteiger partial charge < -0.3 is 19.5 Å². The van der Waals surface area contributed by atoms with Crippen molar-refractivity contribution in [3.63, 3.8) is 0 Å². The van der Waals surface area contributed by atoms with Crippen molar-refractivity contribution in [1.29, 1.82) is 0 Å². The number of carbonyl (C=O) groups is 1. The monoisotopic (exact) mass is 474 g/mol. The van der Waals surface area contributed by atoms with Gasteiger partial charge in [0.25, 0.3) is 15.9 Å². The fraction of sp³-hybridized carbons (Fsp3) is 0.286. The summed E-state index contributed by atoms with van der Waals surface area (Å²) in [5, 5.41) is 13.9. The third kappa shape index (κ3) is 3.70. The Labute approximate surface area is 188 Å². The smallest absolute Gasteiger partial charge is 0.284 e. The van der Waals surface area contributed by atoms with Crippen LogP contribution in [0.2, 0.25) is 0 Å². The van der Waals surface area contributed by atoms with Crippen molar-refractivity contribution in [3.8, 4) is 11.6 Å². The van der Waals surface area contributed by atoms with E-state index in [9.17, 15) is 22.7 Å². The molecule has 0 fully saturated rings. The number of benzene rings is 1. The maximum atomic E-state index is 14.1. The molecule has 172 valence electrons. The van der Waals surface area contributed by atoms with Gasteiger partial charge in [-0.15, -0.1) is 0 Å². The number of nitrogens with zero attached hydrogens (tertiary/aromatic N) is 4. The lowest BCUT2D eigenvalue weighted by atomic mass is 9.98. The summed E-state index contributed by atoms with van der Waals surface area (Å²) in [7, 11) is -4.04. The van der Waals surface area contributed by atoms with Crippen LogP contribution in [0.3, 0.4) is 0 Å². The maximum absolute atomic E-state index is 14.1. The number of halogens is 1. The molecule has 12 heteroatoms. The van der Waals surface area contributed by atoms with E-state index in [-0.39, 0.29) is 35.2 Å². The number of amides is 1. The number of hydrogen-bond donors (Lipinski definition) is 1. The van der Waals surface area contributed by atoms with Crippen molar-refractivity contribution in [2.75, 3.05) is 19.8 Å². The molecule has 1 amide bonds. The van der Waals surface area contributed by atoms with Crippen LogP contribution in [0.25, 0.3) is 0 Å². The Kier molecular flexibility index (Phi) is 5.25. The second-order valence-electron chi connectivity index (χ2n) is 7.60. The molecule has 5 rings (SSSR count). The van der Waals surface area contributed by atoms with E-state index in [4.69, 9.17) is 9.47 Å². The van der Waals surface area contributed by atoms with Gasteiger partial charge in [-0.1, -0.05) is 18.2 Å². The first-order chi connectivity index (χ1) is 15.9. The summed E-state index contributed by atoms with van der Waals surface area (Å²) in [5.41, 5.74) is 1.05. The van der Waals surface area contributed by atoms with Gasteiger partial charge in [-0.05, 0) is 6.07 Å². The number of rotatable bonds is 5. The van der Waals surface area contributed by atoms with Crippen molar-refractivity contribution >= 4 is 15.9 Å². The normalized spacial score (nSPS) is 15.9. The molecular weight excluding hydrogens is 455 g/mol. The van der Waals surface area contributed by atoms with Gasteiger partial charge in [0, 0.05) is 29.9 Å². The summed E-state index contributed by atoms with van der Waals surface area (Å²) >= 11 is 0. The lowest BCUT2D eigenvalue weighted by Crippen LogP contribution is -2.33. The molecule has 0 bridgehead atoms. The molecule has 33 heavy (non-hydrogen) atoms. The van der Waals surface area contributed by atoms with E-state index in [2.05, 4.69) is 10.1 Å². The van der Waals surface area contributed by atoms with E-state index in [1.54, 1.807) is 6.07 Å². The third-order valence-corrected chi connectivity index (χ3v) is 7.05. The third-order valence-electron chi connectivity index (χ3n) is 5.55. The highest BCUT2D eigenvalue weighted by atomic mass is 32.2. The lowest BCUT2D eigenvalue weighted by molar-refractivity contribution is -0.134. The van der Waals surface area contributed by atoms with E-state index in [1.807, 2.05) is 0 Å². The Bertz CT molecular complexity index is 1320. The first kappa shape index (κ1) is 21.3. The minimum absolute atomic E-state index is 0.0427. The van der Waals surface area contributed by atoms with Gasteiger partial charge in [-0.25, -0.2) is 9.37 Å². The molecular formula is C21H19FN4O6S. The number of carbonyl (C=O) groups excluding carboxylic acids is 1. The van der Waals surface area contributed by atoms with E-state index in [0.29, 0.717) is 24.5 Å². The van der Waals surface area contributed by atoms with Crippen LogP contribution < -0.4 is 9.47 Å². The van der Waals surface area contributed by atoms with Gasteiger partial charge >= 0.3 is 0 Å². The van der Waals surface area contributed by atoms with Gasteiger partial charge in [0.1, 0.15) is 23.9 Å². The number of fused-ring (bicyclic) bond motifs is 2. The summed E-state index contributed by atoms with van der Waals surface area (Å²) in [6, 6.07) is 7.11. The second kappa shape index (κ2) is 8.12. The zero-order chi connectivity index (χ0) is 23.2. The average molecular weight is 474 g/mol. The van der Waals surface area contributed by atoms with E-state index in [0.717, 1.165) is 4.09 Å². The molecule has 0 unspecified atom stereocenters. The molecule has 4 heterocycles. The van der Waals surface area contributed by atoms with Crippen LogP contribution in [-0.2, 0) is 27.9 Å². The Morgan fingerprint density at radius 2 is 2.00 bits per heavy atom. The van der Waals surface area contributed by atoms with Crippen LogP contribution in [0, 0.1) is 5.82 Å². The molecule has 0 radical (unpaired) electrons. The molecule has 2 aromatic heterocycles. The predicted octanol–water partition coefficient (Wildman–Crippen LogP) is 1.04. The fourth-order valence-corrected chi connectivity index (χ4v) is 4.99. The predicted molar refractivity (Wildman–Crippen MR) is 111 cm³/mol. The summed E-state index contributed by atoms with van der Waals surface area (Å²) in [6.07, 6.45) is 2.51. The zero-order valence-electron chi connectivity index (χ0n) is 17.2. The molecule has 3 aromatic rings. The maximum Gasteiger partial charge on any atom is 0.284 e. The van der Waals surface area contributed by atoms with Gasteiger partial charge in [-0.2, -0.15) is 17.6 Å². The number of aliphatic hydroxyl groups excluding tert-OH is 1. The van der Waals surface area contributed by atoms with Crippen molar-refractivity contribution in [3.05, 3.63) is 65.4 Å². The van der Waals surface area contributed by atoms with E-state index < -0.39 is 34.3 Å². The molecule has 0 aliphatic carbocycles. The topological polar surface area (TPSA) is 124 Å². The second-order valence-corrected chi connectivity index (χ2v) is 9.40. The minimum Gasteiger partial charge on any atom is -0.484 e. The quantitative estimate of drug-likeness (QED) is 0.582. The van der Waals surface area contributed by atoms with Gasteiger partial charge in [0.2, 0.25) is 5.91 Å². The summed E-state index contributed by atoms with van der Waals surface area (Å²) in [4.78, 5) is 18.2. The van der Waals surface area contributed by atoms with E-state index >= 15 is 0 Å². The highest BCUT2D eigenvalue weighted by Gasteiger charge is 2.34. The standard InChI is InChI=1S/C21H19FN4O6S/c22-17-4-2-1-3-15(17)16(12-27)21(28)25-9-13-10-26(24-18(13)11-25)33(29,30)14-7-19-20(23-8-14)32-6-5-31-19/h1-4,7-8,10,16,27H,5-6,9,11-12H2/t16-/m1/s1. The van der Waals surface area contributed by atoms with Crippen molar-refractivity contribution in [1.82, 2.24) is 19.1 Å². The molecule has 2 aliphatic rings. The molecule has 1 N–H and O–H groups in total. The highest BCUT2D eigenvalue weighted by molar-refractivity contribution is 7.89. The van der Waals surface area contributed by atoms with Crippen LogP contribution >= 0.6 is 0 Å². The van der Waals surface area contributed by atoms with E-state index in [1.165, 1.54) is 41.6 Å². The molecule has 0 saturated carbocycles. The molecule has 2 aliphatic heterocycles. The Morgan fingerprint density at radius 1 is 1.21 bits per heavy atom. The van der Waals surface area contributed by atoms with Crippen LogP contribution in [0.5, 0.6) is 11.6 Å². The minimum atomic E-state index is -4.04. The number of pyridine rings is 1. The number of aromatic nitrogens is 3. The van der Waals surface area contributed by atoms with Crippen molar-refractivity contribution < 1.29 is 32.2 Å². The SMILES string of the molecule is O=C([C@H](CO)c1ccccc1F)N1Cc2cn(S(=O)(=O)c3cnc4c(c3)OCCO4)nc2C1.